The third kappa shape index (κ3) is 2.10. The van der Waals surface area contributed by atoms with E-state index in [1.54, 1.807) is 12.5 Å². The summed E-state index contributed by atoms with van der Waals surface area (Å²) >= 11 is 0. The van der Waals surface area contributed by atoms with Crippen molar-refractivity contribution >= 4 is 39.5 Å². The van der Waals surface area contributed by atoms with Crippen LogP contribution in [-0.2, 0) is 0 Å². The second kappa shape index (κ2) is 4.99. The summed E-state index contributed by atoms with van der Waals surface area (Å²) in [5.41, 5.74) is 3.26. The van der Waals surface area contributed by atoms with Crippen molar-refractivity contribution in [1.29, 1.82) is 0 Å². The Kier molecular flexibility index (Phi) is 2.85. The zero-order valence-electron chi connectivity index (χ0n) is 11.9. The minimum atomic E-state index is 0.495. The Labute approximate surface area is 125 Å². The number of rotatable bonds is 4. The van der Waals surface area contributed by atoms with Gasteiger partial charge in [-0.1, -0.05) is 0 Å². The minimum Gasteiger partial charge on any atom is -0.368 e. The number of aromatic nitrogens is 6. The Morgan fingerprint density at radius 1 is 1.23 bits per heavy atom. The number of imidazole rings is 1. The monoisotopic (exact) mass is 294 g/mol. The van der Waals surface area contributed by atoms with Gasteiger partial charge < -0.3 is 15.6 Å². The number of nitrogens with one attached hydrogen (secondary N) is 4. The van der Waals surface area contributed by atoms with E-state index >= 15 is 0 Å². The van der Waals surface area contributed by atoms with Crippen molar-refractivity contribution in [2.45, 2.75) is 6.92 Å². The van der Waals surface area contributed by atoms with Crippen molar-refractivity contribution in [2.24, 2.45) is 0 Å². The highest BCUT2D eigenvalue weighted by atomic mass is 15.2. The quantitative estimate of drug-likeness (QED) is 0.460. The summed E-state index contributed by atoms with van der Waals surface area (Å²) < 4.78 is 0. The lowest BCUT2D eigenvalue weighted by Gasteiger charge is -2.08. The van der Waals surface area contributed by atoms with Crippen LogP contribution < -0.4 is 10.6 Å². The molecular formula is C14H14N8. The van der Waals surface area contributed by atoms with Gasteiger partial charge in [-0.05, 0) is 25.1 Å². The topological polar surface area (TPSA) is 107 Å². The Morgan fingerprint density at radius 2 is 2.18 bits per heavy atom. The van der Waals surface area contributed by atoms with Gasteiger partial charge in [0.1, 0.15) is 5.52 Å². The summed E-state index contributed by atoms with van der Waals surface area (Å²) in [5, 5.41) is 14.4. The SMILES string of the molecule is CCNc1nc(Nc2ccc3cn[nH]c3c2)nc2nc[nH]c12. The Hall–Kier alpha value is -3.16. The Bertz CT molecular complexity index is 938. The van der Waals surface area contributed by atoms with Crippen molar-refractivity contribution in [1.82, 2.24) is 30.1 Å². The third-order valence-corrected chi connectivity index (χ3v) is 3.33. The average Bonchev–Trinajstić information content (AvgIpc) is 3.15. The molecule has 0 aliphatic rings. The molecule has 0 radical (unpaired) electrons. The third-order valence-electron chi connectivity index (χ3n) is 3.33. The first-order chi connectivity index (χ1) is 10.8. The maximum atomic E-state index is 4.50. The predicted octanol–water partition coefficient (Wildman–Crippen LogP) is 2.40. The molecule has 0 saturated heterocycles. The van der Waals surface area contributed by atoms with Gasteiger partial charge in [-0.15, -0.1) is 0 Å². The Balaban J connectivity index is 1.73. The lowest BCUT2D eigenvalue weighted by Crippen LogP contribution is -2.04. The highest BCUT2D eigenvalue weighted by Crippen LogP contribution is 2.22. The smallest absolute Gasteiger partial charge is 0.231 e. The summed E-state index contributed by atoms with van der Waals surface area (Å²) in [5.74, 6) is 1.23. The molecule has 8 heteroatoms. The molecule has 0 fully saturated rings. The second-order valence-corrected chi connectivity index (χ2v) is 4.82. The molecule has 4 N–H and O–H groups in total. The van der Waals surface area contributed by atoms with Crippen molar-refractivity contribution in [3.8, 4) is 0 Å². The van der Waals surface area contributed by atoms with Crippen LogP contribution in [0.15, 0.2) is 30.7 Å². The fourth-order valence-electron chi connectivity index (χ4n) is 2.33. The highest BCUT2D eigenvalue weighted by molar-refractivity contribution is 5.85. The first-order valence-corrected chi connectivity index (χ1v) is 6.98. The van der Waals surface area contributed by atoms with Gasteiger partial charge in [-0.25, -0.2) is 4.98 Å². The standard InChI is InChI=1S/C14H14N8/c1-2-15-12-11-13(17-7-16-11)21-14(20-12)19-9-4-3-8-6-18-22-10(8)5-9/h3-7H,2H2,1H3,(H,18,22)(H3,15,16,17,19,20,21). The van der Waals surface area contributed by atoms with Crippen LogP contribution in [0.1, 0.15) is 6.92 Å². The molecule has 22 heavy (non-hydrogen) atoms. The van der Waals surface area contributed by atoms with E-state index in [1.165, 1.54) is 0 Å². The summed E-state index contributed by atoms with van der Waals surface area (Å²) in [6.45, 7) is 2.79. The molecule has 0 spiro atoms. The number of fused-ring (bicyclic) bond motifs is 2. The van der Waals surface area contributed by atoms with Crippen LogP contribution in [0.4, 0.5) is 17.5 Å². The number of anilines is 3. The van der Waals surface area contributed by atoms with Crippen LogP contribution in [-0.4, -0.2) is 36.7 Å². The van der Waals surface area contributed by atoms with E-state index in [4.69, 9.17) is 0 Å². The number of aromatic amines is 2. The number of nitrogens with zero attached hydrogens (tertiary/aromatic N) is 4. The lowest BCUT2D eigenvalue weighted by atomic mass is 10.2. The molecule has 0 bridgehead atoms. The van der Waals surface area contributed by atoms with Crippen molar-refractivity contribution < 1.29 is 0 Å². The molecule has 3 aromatic heterocycles. The zero-order chi connectivity index (χ0) is 14.9. The molecule has 3 heterocycles. The molecule has 0 unspecified atom stereocenters. The first kappa shape index (κ1) is 12.6. The van der Waals surface area contributed by atoms with Crippen LogP contribution in [0, 0.1) is 0 Å². The van der Waals surface area contributed by atoms with Gasteiger partial charge in [0.05, 0.1) is 18.0 Å². The lowest BCUT2D eigenvalue weighted by molar-refractivity contribution is 1.12. The van der Waals surface area contributed by atoms with E-state index in [0.717, 1.165) is 34.5 Å². The van der Waals surface area contributed by atoms with Gasteiger partial charge in [0.15, 0.2) is 11.5 Å². The molecule has 110 valence electrons. The van der Waals surface area contributed by atoms with E-state index in [0.29, 0.717) is 11.6 Å². The summed E-state index contributed by atoms with van der Waals surface area (Å²) in [4.78, 5) is 16.2. The normalized spacial score (nSPS) is 11.1. The van der Waals surface area contributed by atoms with E-state index in [-0.39, 0.29) is 0 Å². The molecule has 1 aromatic carbocycles. The van der Waals surface area contributed by atoms with E-state index < -0.39 is 0 Å². The van der Waals surface area contributed by atoms with Crippen LogP contribution in [0.5, 0.6) is 0 Å². The van der Waals surface area contributed by atoms with Gasteiger partial charge >= 0.3 is 0 Å². The maximum absolute atomic E-state index is 4.50. The number of benzene rings is 1. The molecule has 8 nitrogen and oxygen atoms in total. The van der Waals surface area contributed by atoms with Gasteiger partial charge in [-0.3, -0.25) is 5.10 Å². The van der Waals surface area contributed by atoms with Gasteiger partial charge in [-0.2, -0.15) is 15.1 Å². The number of hydrogen-bond acceptors (Lipinski definition) is 6. The molecule has 0 amide bonds. The number of hydrogen-bond donors (Lipinski definition) is 4. The van der Waals surface area contributed by atoms with Crippen LogP contribution >= 0.6 is 0 Å². The summed E-state index contributed by atoms with van der Waals surface area (Å²) in [6, 6.07) is 5.91. The van der Waals surface area contributed by atoms with Gasteiger partial charge in [0.2, 0.25) is 5.95 Å². The molecule has 4 aromatic rings. The van der Waals surface area contributed by atoms with Crippen LogP contribution in [0.25, 0.3) is 22.1 Å². The fourth-order valence-corrected chi connectivity index (χ4v) is 2.33. The molecule has 4 rings (SSSR count). The zero-order valence-corrected chi connectivity index (χ0v) is 11.9. The van der Waals surface area contributed by atoms with Gasteiger partial charge in [0.25, 0.3) is 0 Å². The maximum Gasteiger partial charge on any atom is 0.231 e. The van der Waals surface area contributed by atoms with E-state index in [1.807, 2.05) is 25.1 Å². The molecule has 0 saturated carbocycles. The van der Waals surface area contributed by atoms with E-state index in [9.17, 15) is 0 Å². The fraction of sp³-hybridized carbons (Fsp3) is 0.143. The van der Waals surface area contributed by atoms with Crippen LogP contribution in [0.3, 0.4) is 0 Å². The van der Waals surface area contributed by atoms with Crippen molar-refractivity contribution in [3.05, 3.63) is 30.7 Å². The molecular weight excluding hydrogens is 280 g/mol. The molecule has 0 atom stereocenters. The highest BCUT2D eigenvalue weighted by Gasteiger charge is 2.09. The average molecular weight is 294 g/mol. The van der Waals surface area contributed by atoms with Crippen molar-refractivity contribution in [2.75, 3.05) is 17.2 Å². The molecule has 0 aliphatic heterocycles. The predicted molar refractivity (Wildman–Crippen MR) is 85.2 cm³/mol. The largest absolute Gasteiger partial charge is 0.368 e. The second-order valence-electron chi connectivity index (χ2n) is 4.82. The molecule has 0 aliphatic carbocycles. The van der Waals surface area contributed by atoms with Crippen LogP contribution in [0.2, 0.25) is 0 Å². The summed E-state index contributed by atoms with van der Waals surface area (Å²) in [7, 11) is 0. The van der Waals surface area contributed by atoms with Crippen molar-refractivity contribution in [3.63, 3.8) is 0 Å². The van der Waals surface area contributed by atoms with Gasteiger partial charge in [0, 0.05) is 17.6 Å². The van der Waals surface area contributed by atoms with E-state index in [2.05, 4.69) is 40.8 Å². The first-order valence-electron chi connectivity index (χ1n) is 6.98. The summed E-state index contributed by atoms with van der Waals surface area (Å²) in [6.07, 6.45) is 3.40. The Morgan fingerprint density at radius 3 is 3.09 bits per heavy atom. The number of H-pyrrole nitrogens is 2. The minimum absolute atomic E-state index is 0.495.